The van der Waals surface area contributed by atoms with Crippen molar-refractivity contribution in [1.29, 1.82) is 5.41 Å². The fraction of sp³-hybridized carbons (Fsp3) is 0.281. The van der Waals surface area contributed by atoms with Crippen molar-refractivity contribution in [3.63, 3.8) is 0 Å². The van der Waals surface area contributed by atoms with Gasteiger partial charge in [0.05, 0.1) is 18.3 Å². The number of benzene rings is 2. The molecule has 6 rings (SSSR count). The number of amides is 3. The number of hydrogen-bond donors (Lipinski definition) is 3. The van der Waals surface area contributed by atoms with Crippen LogP contribution in [-0.4, -0.2) is 58.0 Å². The van der Waals surface area contributed by atoms with Gasteiger partial charge < -0.3 is 20.3 Å². The summed E-state index contributed by atoms with van der Waals surface area (Å²) in [5.41, 5.74) is 2.90. The highest BCUT2D eigenvalue weighted by Crippen LogP contribution is 2.59. The summed E-state index contributed by atoms with van der Waals surface area (Å²) in [6.45, 7) is 3.66. The van der Waals surface area contributed by atoms with Gasteiger partial charge in [0.1, 0.15) is 23.4 Å². The van der Waals surface area contributed by atoms with E-state index in [0.29, 0.717) is 34.8 Å². The third kappa shape index (κ3) is 5.15. The Balaban J connectivity index is 1.06. The van der Waals surface area contributed by atoms with E-state index >= 15 is 0 Å². The van der Waals surface area contributed by atoms with Crippen molar-refractivity contribution < 1.29 is 23.5 Å². The molecule has 0 radical (unpaired) electrons. The minimum Gasteiger partial charge on any atom is -0.457 e. The number of halogens is 1. The van der Waals surface area contributed by atoms with Crippen LogP contribution in [0.15, 0.2) is 72.6 Å². The maximum Gasteiger partial charge on any atom is 0.251 e. The number of rotatable bonds is 8. The summed E-state index contributed by atoms with van der Waals surface area (Å²) in [7, 11) is 0. The molecule has 2 heterocycles. The first-order valence-corrected chi connectivity index (χ1v) is 13.8. The van der Waals surface area contributed by atoms with Crippen LogP contribution in [0, 0.1) is 16.6 Å². The number of nitrogens with zero attached hydrogens (tertiary/aromatic N) is 2. The molecule has 4 atom stereocenters. The molecule has 2 fully saturated rings. The maximum atomic E-state index is 13.4. The lowest BCUT2D eigenvalue weighted by atomic mass is 10.00. The van der Waals surface area contributed by atoms with E-state index in [1.165, 1.54) is 24.3 Å². The Morgan fingerprint density at radius 2 is 1.79 bits per heavy atom. The van der Waals surface area contributed by atoms with Gasteiger partial charge in [0.2, 0.25) is 11.8 Å². The summed E-state index contributed by atoms with van der Waals surface area (Å²) >= 11 is 0. The summed E-state index contributed by atoms with van der Waals surface area (Å²) in [6.07, 6.45) is 6.57. The number of likely N-dealkylation sites (tertiary alicyclic amines) is 1. The van der Waals surface area contributed by atoms with Crippen molar-refractivity contribution in [1.82, 2.24) is 20.5 Å². The zero-order valence-electron chi connectivity index (χ0n) is 23.2. The van der Waals surface area contributed by atoms with Gasteiger partial charge in [0, 0.05) is 40.7 Å². The van der Waals surface area contributed by atoms with Crippen molar-refractivity contribution in [3.8, 4) is 11.5 Å². The Morgan fingerprint density at radius 1 is 1.10 bits per heavy atom. The van der Waals surface area contributed by atoms with Crippen molar-refractivity contribution >= 4 is 29.5 Å². The average molecular weight is 568 g/mol. The molecule has 2 aromatic carbocycles. The summed E-state index contributed by atoms with van der Waals surface area (Å²) in [6, 6.07) is 12.7. The van der Waals surface area contributed by atoms with Crippen LogP contribution in [0.4, 0.5) is 4.39 Å². The molecule has 214 valence electrons. The Hall–Kier alpha value is -4.86. The second-order valence-electron chi connectivity index (χ2n) is 11.3. The molecule has 3 aliphatic rings. The molecule has 0 spiro atoms. The van der Waals surface area contributed by atoms with Gasteiger partial charge in [-0.3, -0.25) is 24.8 Å². The number of aromatic nitrogens is 1. The quantitative estimate of drug-likeness (QED) is 0.378. The number of piperidine rings is 1. The van der Waals surface area contributed by atoms with Gasteiger partial charge in [-0.1, -0.05) is 6.92 Å². The highest BCUT2D eigenvalue weighted by atomic mass is 19.1. The van der Waals surface area contributed by atoms with E-state index in [9.17, 15) is 18.8 Å². The van der Waals surface area contributed by atoms with Crippen LogP contribution >= 0.6 is 0 Å². The van der Waals surface area contributed by atoms with E-state index in [-0.39, 0.29) is 35.6 Å². The highest BCUT2D eigenvalue weighted by molar-refractivity contribution is 6.20. The standard InChI is InChI=1S/C32H30FN5O4/c1-18(25-13-20-16-35-12-11-24(20)29(25)34)37-31(41)26-14-32(2)15-27(32)38(26)28(39)17-36-30(40)19-3-7-22(8-4-19)42-23-9-5-21(33)6-10-23/h3-13,16,18,26-27,34H,14-15,17H2,1-2H3,(H,36,40)(H,37,41)/t18-,26?,27?,32-/m1/s1. The second kappa shape index (κ2) is 10.5. The van der Waals surface area contributed by atoms with Crippen molar-refractivity contribution in [2.45, 2.75) is 44.8 Å². The molecule has 1 saturated heterocycles. The second-order valence-corrected chi connectivity index (χ2v) is 11.3. The average Bonchev–Trinajstić information content (AvgIpc) is 3.37. The van der Waals surface area contributed by atoms with Crippen molar-refractivity contribution in [3.05, 3.63) is 95.1 Å². The normalized spacial score (nSPS) is 22.5. The number of hydrogen-bond acceptors (Lipinski definition) is 6. The SMILES string of the molecule is C[C@@H](NC(=O)C1C[C@]2(C)CC2N1C(=O)CNC(=O)c1ccc(Oc2ccc(F)cc2)cc1)C1=Cc2cnccc2C1=N. The van der Waals surface area contributed by atoms with Crippen LogP contribution in [0.25, 0.3) is 6.08 Å². The third-order valence-electron chi connectivity index (χ3n) is 8.34. The fourth-order valence-electron chi connectivity index (χ4n) is 5.90. The highest BCUT2D eigenvalue weighted by Gasteiger charge is 2.64. The Labute approximate surface area is 242 Å². The van der Waals surface area contributed by atoms with E-state index < -0.39 is 18.0 Å². The minimum absolute atomic E-state index is 0.0461. The zero-order chi connectivity index (χ0) is 29.6. The van der Waals surface area contributed by atoms with Crippen LogP contribution in [0.5, 0.6) is 11.5 Å². The maximum absolute atomic E-state index is 13.4. The lowest BCUT2D eigenvalue weighted by molar-refractivity contribution is -0.139. The summed E-state index contributed by atoms with van der Waals surface area (Å²) < 4.78 is 18.8. The summed E-state index contributed by atoms with van der Waals surface area (Å²) in [5.74, 6) is -0.431. The van der Waals surface area contributed by atoms with E-state index in [4.69, 9.17) is 10.1 Å². The first kappa shape index (κ1) is 27.3. The predicted octanol–water partition coefficient (Wildman–Crippen LogP) is 4.09. The van der Waals surface area contributed by atoms with Crippen LogP contribution in [0.3, 0.4) is 0 Å². The Bertz CT molecular complexity index is 1620. The molecule has 1 saturated carbocycles. The number of fused-ring (bicyclic) bond motifs is 2. The smallest absolute Gasteiger partial charge is 0.251 e. The summed E-state index contributed by atoms with van der Waals surface area (Å²) in [5, 5.41) is 14.2. The zero-order valence-corrected chi connectivity index (χ0v) is 23.2. The summed E-state index contributed by atoms with van der Waals surface area (Å²) in [4.78, 5) is 45.3. The fourth-order valence-corrected chi connectivity index (χ4v) is 5.90. The molecular weight excluding hydrogens is 537 g/mol. The van der Waals surface area contributed by atoms with E-state index in [1.54, 1.807) is 47.6 Å². The lowest BCUT2D eigenvalue weighted by Gasteiger charge is -2.28. The van der Waals surface area contributed by atoms with Gasteiger partial charge in [-0.05, 0) is 85.9 Å². The first-order valence-electron chi connectivity index (χ1n) is 13.8. The molecule has 2 unspecified atom stereocenters. The number of nitrogens with one attached hydrogen (secondary N) is 3. The molecule has 3 amide bonds. The molecule has 3 N–H and O–H groups in total. The molecule has 10 heteroatoms. The topological polar surface area (TPSA) is 124 Å². The number of ether oxygens (including phenoxy) is 1. The van der Waals surface area contributed by atoms with Crippen molar-refractivity contribution in [2.75, 3.05) is 6.54 Å². The number of carbonyl (C=O) groups is 3. The molecule has 3 aromatic rings. The van der Waals surface area contributed by atoms with Crippen LogP contribution in [0.1, 0.15) is 48.2 Å². The van der Waals surface area contributed by atoms with Gasteiger partial charge in [-0.15, -0.1) is 0 Å². The Kier molecular flexibility index (Phi) is 6.84. The van der Waals surface area contributed by atoms with Gasteiger partial charge in [-0.2, -0.15) is 0 Å². The van der Waals surface area contributed by atoms with Gasteiger partial charge in [0.25, 0.3) is 5.91 Å². The third-order valence-corrected chi connectivity index (χ3v) is 8.34. The largest absolute Gasteiger partial charge is 0.457 e. The lowest BCUT2D eigenvalue weighted by Crippen LogP contribution is -2.52. The number of pyridine rings is 1. The van der Waals surface area contributed by atoms with Crippen molar-refractivity contribution in [2.24, 2.45) is 5.41 Å². The first-order chi connectivity index (χ1) is 20.1. The molecular formula is C32H30FN5O4. The molecule has 42 heavy (non-hydrogen) atoms. The molecule has 2 aliphatic carbocycles. The van der Waals surface area contributed by atoms with Gasteiger partial charge in [0.15, 0.2) is 0 Å². The van der Waals surface area contributed by atoms with E-state index in [1.807, 2.05) is 13.0 Å². The Morgan fingerprint density at radius 3 is 2.48 bits per heavy atom. The minimum atomic E-state index is -0.649. The molecule has 1 aromatic heterocycles. The molecule has 9 nitrogen and oxygen atoms in total. The number of carbonyl (C=O) groups excluding carboxylic acids is 3. The van der Waals surface area contributed by atoms with Crippen LogP contribution in [-0.2, 0) is 9.59 Å². The van der Waals surface area contributed by atoms with Crippen LogP contribution in [0.2, 0.25) is 0 Å². The molecule has 0 bridgehead atoms. The van der Waals surface area contributed by atoms with E-state index in [0.717, 1.165) is 17.5 Å². The predicted molar refractivity (Wildman–Crippen MR) is 154 cm³/mol. The van der Waals surface area contributed by atoms with Gasteiger partial charge in [-0.25, -0.2) is 4.39 Å². The van der Waals surface area contributed by atoms with E-state index in [2.05, 4.69) is 22.5 Å². The monoisotopic (exact) mass is 567 g/mol. The van der Waals surface area contributed by atoms with Crippen LogP contribution < -0.4 is 15.4 Å². The molecule has 1 aliphatic heterocycles. The van der Waals surface area contributed by atoms with Gasteiger partial charge >= 0.3 is 0 Å².